The van der Waals surface area contributed by atoms with Crippen LogP contribution in [0.1, 0.15) is 48.5 Å². The summed E-state index contributed by atoms with van der Waals surface area (Å²) in [5.41, 5.74) is 1.82. The molecule has 2 unspecified atom stereocenters. The smallest absolute Gasteiger partial charge is 0.257 e. The lowest BCUT2D eigenvalue weighted by atomic mass is 9.95. The summed E-state index contributed by atoms with van der Waals surface area (Å²) in [6.07, 6.45) is 1.88. The summed E-state index contributed by atoms with van der Waals surface area (Å²) in [6.45, 7) is 5.85. The summed E-state index contributed by atoms with van der Waals surface area (Å²) in [4.78, 5) is 14.6. The molecule has 1 amide bonds. The molecule has 1 fully saturated rings. The molecule has 2 aliphatic heterocycles. The number of hydrogen-bond donors (Lipinski definition) is 1. The van der Waals surface area contributed by atoms with E-state index in [9.17, 15) is 9.90 Å². The second-order valence-electron chi connectivity index (χ2n) is 6.25. The summed E-state index contributed by atoms with van der Waals surface area (Å²) >= 11 is 0. The molecule has 1 N–H and O–H groups in total. The van der Waals surface area contributed by atoms with Gasteiger partial charge in [-0.25, -0.2) is 0 Å². The lowest BCUT2D eigenvalue weighted by molar-refractivity contribution is 0.0646. The minimum atomic E-state index is 0.0598. The van der Waals surface area contributed by atoms with Crippen LogP contribution in [0, 0.1) is 5.92 Å². The van der Waals surface area contributed by atoms with E-state index in [4.69, 9.17) is 4.74 Å². The molecule has 114 valence electrons. The predicted molar refractivity (Wildman–Crippen MR) is 80.7 cm³/mol. The topological polar surface area (TPSA) is 49.8 Å². The lowest BCUT2D eigenvalue weighted by Gasteiger charge is -2.31. The van der Waals surface area contributed by atoms with Crippen molar-refractivity contribution in [3.05, 3.63) is 29.3 Å². The maximum absolute atomic E-state index is 12.8. The minimum absolute atomic E-state index is 0.0598. The van der Waals surface area contributed by atoms with Gasteiger partial charge in [0.15, 0.2) is 0 Å². The van der Waals surface area contributed by atoms with Gasteiger partial charge in [0.05, 0.1) is 5.56 Å². The van der Waals surface area contributed by atoms with Gasteiger partial charge in [0.25, 0.3) is 5.91 Å². The number of rotatable bonds is 2. The van der Waals surface area contributed by atoms with Crippen LogP contribution in [-0.2, 0) is 0 Å². The Balaban J connectivity index is 1.81. The number of hydrogen-bond acceptors (Lipinski definition) is 3. The second kappa shape index (κ2) is 5.68. The fraction of sp³-hybridized carbons (Fsp3) is 0.588. The number of piperidine rings is 1. The highest BCUT2D eigenvalue weighted by molar-refractivity contribution is 5.97. The first-order chi connectivity index (χ1) is 10.1. The molecular formula is C17H23NO3. The zero-order valence-corrected chi connectivity index (χ0v) is 12.7. The molecule has 0 aliphatic carbocycles. The number of likely N-dealkylation sites (tertiary alicyclic amines) is 1. The van der Waals surface area contributed by atoms with Crippen molar-refractivity contribution in [2.45, 2.75) is 38.7 Å². The highest BCUT2D eigenvalue weighted by Crippen LogP contribution is 2.40. The van der Waals surface area contributed by atoms with Crippen molar-refractivity contribution in [3.63, 3.8) is 0 Å². The van der Waals surface area contributed by atoms with E-state index in [1.807, 2.05) is 24.0 Å². The third-order valence-corrected chi connectivity index (χ3v) is 4.93. The summed E-state index contributed by atoms with van der Waals surface area (Å²) in [7, 11) is 0. The quantitative estimate of drug-likeness (QED) is 0.909. The molecule has 0 radical (unpaired) electrons. The number of benzene rings is 1. The number of carbonyl (C=O) groups is 1. The van der Waals surface area contributed by atoms with Gasteiger partial charge in [0, 0.05) is 31.2 Å². The zero-order chi connectivity index (χ0) is 15.0. The van der Waals surface area contributed by atoms with Gasteiger partial charge in [0.1, 0.15) is 11.9 Å². The maximum atomic E-state index is 12.8. The second-order valence-corrected chi connectivity index (χ2v) is 6.25. The molecule has 1 aromatic carbocycles. The average molecular weight is 289 g/mol. The minimum Gasteiger partial charge on any atom is -0.489 e. The Morgan fingerprint density at radius 1 is 1.33 bits per heavy atom. The van der Waals surface area contributed by atoms with Crippen molar-refractivity contribution in [2.24, 2.45) is 5.92 Å². The number of fused-ring (bicyclic) bond motifs is 1. The predicted octanol–water partition coefficient (Wildman–Crippen LogP) is 2.42. The Hall–Kier alpha value is -1.55. The molecule has 0 saturated carbocycles. The van der Waals surface area contributed by atoms with E-state index in [2.05, 4.69) is 13.0 Å². The van der Waals surface area contributed by atoms with Crippen LogP contribution < -0.4 is 4.74 Å². The molecule has 1 saturated heterocycles. The molecule has 4 nitrogen and oxygen atoms in total. The van der Waals surface area contributed by atoms with Crippen molar-refractivity contribution >= 4 is 5.91 Å². The first-order valence-electron chi connectivity index (χ1n) is 7.81. The van der Waals surface area contributed by atoms with Crippen LogP contribution >= 0.6 is 0 Å². The average Bonchev–Trinajstić information content (AvgIpc) is 2.82. The van der Waals surface area contributed by atoms with Crippen molar-refractivity contribution in [3.8, 4) is 5.75 Å². The largest absolute Gasteiger partial charge is 0.489 e. The molecule has 0 spiro atoms. The fourth-order valence-corrected chi connectivity index (χ4v) is 3.24. The SMILES string of the molecule is CC1Oc2c(C(=O)N3CCC(CO)CC3)cccc2C1C. The van der Waals surface area contributed by atoms with Gasteiger partial charge in [-0.15, -0.1) is 0 Å². The summed E-state index contributed by atoms with van der Waals surface area (Å²) < 4.78 is 5.92. The van der Waals surface area contributed by atoms with Crippen molar-refractivity contribution in [1.82, 2.24) is 4.90 Å². The van der Waals surface area contributed by atoms with Gasteiger partial charge in [-0.1, -0.05) is 19.1 Å². The Bertz CT molecular complexity index is 535. The third kappa shape index (κ3) is 2.53. The Labute approximate surface area is 125 Å². The molecule has 0 aromatic heterocycles. The highest BCUT2D eigenvalue weighted by Gasteiger charge is 2.33. The molecule has 21 heavy (non-hydrogen) atoms. The fourth-order valence-electron chi connectivity index (χ4n) is 3.24. The van der Waals surface area contributed by atoms with Crippen LogP contribution in [0.5, 0.6) is 5.75 Å². The summed E-state index contributed by atoms with van der Waals surface area (Å²) in [5.74, 6) is 1.50. The number of aliphatic hydroxyl groups is 1. The molecule has 3 rings (SSSR count). The van der Waals surface area contributed by atoms with Gasteiger partial charge in [-0.05, 0) is 31.7 Å². The first-order valence-corrected chi connectivity index (χ1v) is 7.81. The maximum Gasteiger partial charge on any atom is 0.257 e. The standard InChI is InChI=1S/C17H23NO3/c1-11-12(2)21-16-14(11)4-3-5-15(16)17(20)18-8-6-13(10-19)7-9-18/h3-5,11-13,19H,6-10H2,1-2H3. The van der Waals surface area contributed by atoms with E-state index in [1.54, 1.807) is 0 Å². The van der Waals surface area contributed by atoms with Gasteiger partial charge in [-0.3, -0.25) is 4.79 Å². The number of carbonyl (C=O) groups excluding carboxylic acids is 1. The van der Waals surface area contributed by atoms with E-state index in [1.165, 1.54) is 0 Å². The Morgan fingerprint density at radius 2 is 2.05 bits per heavy atom. The van der Waals surface area contributed by atoms with Crippen LogP contribution in [0.3, 0.4) is 0 Å². The lowest BCUT2D eigenvalue weighted by Crippen LogP contribution is -2.39. The Kier molecular flexibility index (Phi) is 3.89. The number of para-hydroxylation sites is 1. The summed E-state index contributed by atoms with van der Waals surface area (Å²) in [5, 5.41) is 9.19. The molecular weight excluding hydrogens is 266 g/mol. The number of nitrogens with zero attached hydrogens (tertiary/aromatic N) is 1. The number of aliphatic hydroxyl groups excluding tert-OH is 1. The zero-order valence-electron chi connectivity index (χ0n) is 12.7. The van der Waals surface area contributed by atoms with E-state index in [0.29, 0.717) is 17.4 Å². The van der Waals surface area contributed by atoms with Crippen LogP contribution in [0.4, 0.5) is 0 Å². The molecule has 2 atom stereocenters. The van der Waals surface area contributed by atoms with E-state index in [-0.39, 0.29) is 18.6 Å². The van der Waals surface area contributed by atoms with Crippen LogP contribution in [0.2, 0.25) is 0 Å². The van der Waals surface area contributed by atoms with Crippen LogP contribution in [0.15, 0.2) is 18.2 Å². The van der Waals surface area contributed by atoms with Gasteiger partial charge in [0.2, 0.25) is 0 Å². The normalized spacial score (nSPS) is 25.6. The highest BCUT2D eigenvalue weighted by atomic mass is 16.5. The van der Waals surface area contributed by atoms with Gasteiger partial charge in [-0.2, -0.15) is 0 Å². The number of ether oxygens (including phenoxy) is 1. The van der Waals surface area contributed by atoms with E-state index < -0.39 is 0 Å². The van der Waals surface area contributed by atoms with Crippen LogP contribution in [-0.4, -0.2) is 41.7 Å². The molecule has 1 aromatic rings. The molecule has 0 bridgehead atoms. The monoisotopic (exact) mass is 289 g/mol. The van der Waals surface area contributed by atoms with Crippen LogP contribution in [0.25, 0.3) is 0 Å². The third-order valence-electron chi connectivity index (χ3n) is 4.93. The van der Waals surface area contributed by atoms with Gasteiger partial charge < -0.3 is 14.7 Å². The van der Waals surface area contributed by atoms with Crippen molar-refractivity contribution in [1.29, 1.82) is 0 Å². The van der Waals surface area contributed by atoms with Crippen molar-refractivity contribution in [2.75, 3.05) is 19.7 Å². The van der Waals surface area contributed by atoms with E-state index in [0.717, 1.165) is 37.2 Å². The molecule has 2 heterocycles. The molecule has 2 aliphatic rings. The first kappa shape index (κ1) is 14.4. The number of amides is 1. The van der Waals surface area contributed by atoms with Gasteiger partial charge >= 0.3 is 0 Å². The molecule has 4 heteroatoms. The summed E-state index contributed by atoms with van der Waals surface area (Å²) in [6, 6.07) is 5.87. The Morgan fingerprint density at radius 3 is 2.71 bits per heavy atom. The van der Waals surface area contributed by atoms with E-state index >= 15 is 0 Å². The van der Waals surface area contributed by atoms with Crippen molar-refractivity contribution < 1.29 is 14.6 Å².